The van der Waals surface area contributed by atoms with Gasteiger partial charge in [0.1, 0.15) is 0 Å². The van der Waals surface area contributed by atoms with Crippen molar-refractivity contribution in [3.05, 3.63) is 0 Å². The van der Waals surface area contributed by atoms with E-state index in [1.165, 1.54) is 25.7 Å². The Hall–Kier alpha value is -0.220. The van der Waals surface area contributed by atoms with Crippen LogP contribution in [0.25, 0.3) is 0 Å². The number of carbonyl (C=O) groups is 1. The van der Waals surface area contributed by atoms with Gasteiger partial charge in [-0.3, -0.25) is 4.79 Å². The standard InChI is InChI=1S/C12H24N2OS/c1-4-14(2)12(15)9-13-10-5-7-11(16-3)8-6-10/h10-11,13H,4-9H2,1-3H3. The van der Waals surface area contributed by atoms with Crippen molar-refractivity contribution in [3.63, 3.8) is 0 Å². The van der Waals surface area contributed by atoms with Crippen LogP contribution in [-0.4, -0.2) is 48.5 Å². The van der Waals surface area contributed by atoms with E-state index in [4.69, 9.17) is 0 Å². The van der Waals surface area contributed by atoms with Gasteiger partial charge in [-0.1, -0.05) is 0 Å². The summed E-state index contributed by atoms with van der Waals surface area (Å²) in [5.41, 5.74) is 0. The predicted molar refractivity (Wildman–Crippen MR) is 70.9 cm³/mol. The van der Waals surface area contributed by atoms with Gasteiger partial charge >= 0.3 is 0 Å². The third-order valence-corrected chi connectivity index (χ3v) is 4.59. The molecule has 3 nitrogen and oxygen atoms in total. The molecule has 94 valence electrons. The van der Waals surface area contributed by atoms with Crippen LogP contribution in [0.3, 0.4) is 0 Å². The summed E-state index contributed by atoms with van der Waals surface area (Å²) >= 11 is 1.98. The lowest BCUT2D eigenvalue weighted by Crippen LogP contribution is -2.41. The lowest BCUT2D eigenvalue weighted by atomic mass is 9.95. The van der Waals surface area contributed by atoms with Gasteiger partial charge in [0.25, 0.3) is 0 Å². The summed E-state index contributed by atoms with van der Waals surface area (Å²) in [6, 6.07) is 0.553. The third-order valence-electron chi connectivity index (χ3n) is 3.45. The second-order valence-corrected chi connectivity index (χ2v) is 5.64. The molecule has 1 fully saturated rings. The van der Waals surface area contributed by atoms with E-state index in [2.05, 4.69) is 11.6 Å². The molecule has 16 heavy (non-hydrogen) atoms. The Morgan fingerprint density at radius 1 is 1.38 bits per heavy atom. The van der Waals surface area contributed by atoms with E-state index in [1.807, 2.05) is 25.7 Å². The van der Waals surface area contributed by atoms with Crippen molar-refractivity contribution >= 4 is 17.7 Å². The van der Waals surface area contributed by atoms with Crippen LogP contribution in [-0.2, 0) is 4.79 Å². The fourth-order valence-corrected chi connectivity index (χ4v) is 2.79. The molecule has 0 bridgehead atoms. The zero-order chi connectivity index (χ0) is 12.0. The largest absolute Gasteiger partial charge is 0.345 e. The first-order valence-electron chi connectivity index (χ1n) is 6.17. The fourth-order valence-electron chi connectivity index (χ4n) is 2.05. The number of carbonyl (C=O) groups excluding carboxylic acids is 1. The molecule has 1 aliphatic carbocycles. The van der Waals surface area contributed by atoms with Crippen molar-refractivity contribution in [3.8, 4) is 0 Å². The number of nitrogens with zero attached hydrogens (tertiary/aromatic N) is 1. The number of hydrogen-bond acceptors (Lipinski definition) is 3. The Morgan fingerprint density at radius 3 is 2.50 bits per heavy atom. The number of rotatable bonds is 5. The second-order valence-electron chi connectivity index (χ2n) is 4.50. The SMILES string of the molecule is CCN(C)C(=O)CNC1CCC(SC)CC1. The topological polar surface area (TPSA) is 32.3 Å². The molecular formula is C12H24N2OS. The van der Waals surface area contributed by atoms with Gasteiger partial charge in [-0.2, -0.15) is 11.8 Å². The Bertz CT molecular complexity index is 215. The van der Waals surface area contributed by atoms with Gasteiger partial charge in [-0.15, -0.1) is 0 Å². The van der Waals surface area contributed by atoms with Gasteiger partial charge in [-0.05, 0) is 38.9 Å². The highest BCUT2D eigenvalue weighted by molar-refractivity contribution is 7.99. The van der Waals surface area contributed by atoms with Crippen LogP contribution < -0.4 is 5.32 Å². The van der Waals surface area contributed by atoms with E-state index in [1.54, 1.807) is 4.90 Å². The Labute approximate surface area is 103 Å². The monoisotopic (exact) mass is 244 g/mol. The second kappa shape index (κ2) is 7.17. The molecule has 1 amide bonds. The van der Waals surface area contributed by atoms with Crippen LogP contribution in [0.2, 0.25) is 0 Å². The van der Waals surface area contributed by atoms with Crippen molar-refractivity contribution in [1.82, 2.24) is 10.2 Å². The van der Waals surface area contributed by atoms with Gasteiger partial charge in [-0.25, -0.2) is 0 Å². The molecule has 0 atom stereocenters. The first kappa shape index (κ1) is 13.8. The summed E-state index contributed by atoms with van der Waals surface area (Å²) in [5, 5.41) is 4.22. The molecule has 0 aromatic carbocycles. The molecule has 0 heterocycles. The van der Waals surface area contributed by atoms with E-state index in [0.29, 0.717) is 12.6 Å². The maximum Gasteiger partial charge on any atom is 0.236 e. The van der Waals surface area contributed by atoms with Crippen LogP contribution in [0.15, 0.2) is 0 Å². The van der Waals surface area contributed by atoms with E-state index >= 15 is 0 Å². The Kier molecular flexibility index (Phi) is 6.21. The predicted octanol–water partition coefficient (Wildman–Crippen LogP) is 1.73. The number of hydrogen-bond donors (Lipinski definition) is 1. The van der Waals surface area contributed by atoms with Crippen molar-refractivity contribution in [2.75, 3.05) is 26.4 Å². The normalized spacial score (nSPS) is 25.4. The first-order valence-corrected chi connectivity index (χ1v) is 7.46. The van der Waals surface area contributed by atoms with Gasteiger partial charge in [0, 0.05) is 24.9 Å². The fraction of sp³-hybridized carbons (Fsp3) is 0.917. The zero-order valence-corrected chi connectivity index (χ0v) is 11.5. The van der Waals surface area contributed by atoms with Gasteiger partial charge in [0.2, 0.25) is 5.91 Å². The third kappa shape index (κ3) is 4.34. The number of thioether (sulfide) groups is 1. The van der Waals surface area contributed by atoms with Crippen LogP contribution in [0.4, 0.5) is 0 Å². The van der Waals surface area contributed by atoms with E-state index < -0.39 is 0 Å². The average Bonchev–Trinajstić information content (AvgIpc) is 2.35. The number of likely N-dealkylation sites (N-methyl/N-ethyl adjacent to an activating group) is 1. The lowest BCUT2D eigenvalue weighted by molar-refractivity contribution is -0.128. The molecular weight excluding hydrogens is 220 g/mol. The smallest absolute Gasteiger partial charge is 0.236 e. The molecule has 0 spiro atoms. The molecule has 0 radical (unpaired) electrons. The quantitative estimate of drug-likeness (QED) is 0.799. The highest BCUT2D eigenvalue weighted by atomic mass is 32.2. The van der Waals surface area contributed by atoms with Gasteiger partial charge < -0.3 is 10.2 Å². The molecule has 1 aliphatic rings. The minimum Gasteiger partial charge on any atom is -0.345 e. The van der Waals surface area contributed by atoms with Crippen LogP contribution in [0, 0.1) is 0 Å². The average molecular weight is 244 g/mol. The summed E-state index contributed by atoms with van der Waals surface area (Å²) < 4.78 is 0. The zero-order valence-electron chi connectivity index (χ0n) is 10.7. The molecule has 0 aromatic rings. The minimum absolute atomic E-state index is 0.203. The first-order chi connectivity index (χ1) is 7.67. The number of nitrogens with one attached hydrogen (secondary N) is 1. The van der Waals surface area contributed by atoms with Crippen molar-refractivity contribution in [2.24, 2.45) is 0 Å². The summed E-state index contributed by atoms with van der Waals surface area (Å²) in [6.07, 6.45) is 7.20. The summed E-state index contributed by atoms with van der Waals surface area (Å²) in [7, 11) is 1.86. The maximum absolute atomic E-state index is 11.6. The summed E-state index contributed by atoms with van der Waals surface area (Å²) in [5.74, 6) is 0.203. The van der Waals surface area contributed by atoms with Crippen LogP contribution >= 0.6 is 11.8 Å². The lowest BCUT2D eigenvalue weighted by Gasteiger charge is -2.28. The minimum atomic E-state index is 0.203. The molecule has 0 saturated heterocycles. The summed E-state index contributed by atoms with van der Waals surface area (Å²) in [6.45, 7) is 3.29. The summed E-state index contributed by atoms with van der Waals surface area (Å²) in [4.78, 5) is 13.4. The molecule has 1 N–H and O–H groups in total. The Morgan fingerprint density at radius 2 is 2.00 bits per heavy atom. The van der Waals surface area contributed by atoms with E-state index in [0.717, 1.165) is 11.8 Å². The van der Waals surface area contributed by atoms with Crippen LogP contribution in [0.1, 0.15) is 32.6 Å². The molecule has 4 heteroatoms. The molecule has 0 unspecified atom stereocenters. The molecule has 1 saturated carbocycles. The van der Waals surface area contributed by atoms with Crippen molar-refractivity contribution in [1.29, 1.82) is 0 Å². The van der Waals surface area contributed by atoms with E-state index in [-0.39, 0.29) is 5.91 Å². The van der Waals surface area contributed by atoms with Crippen molar-refractivity contribution in [2.45, 2.75) is 43.9 Å². The van der Waals surface area contributed by atoms with E-state index in [9.17, 15) is 4.79 Å². The highest BCUT2D eigenvalue weighted by Gasteiger charge is 2.20. The van der Waals surface area contributed by atoms with Crippen LogP contribution in [0.5, 0.6) is 0 Å². The van der Waals surface area contributed by atoms with Crippen molar-refractivity contribution < 1.29 is 4.79 Å². The number of amides is 1. The maximum atomic E-state index is 11.6. The molecule has 0 aromatic heterocycles. The highest BCUT2D eigenvalue weighted by Crippen LogP contribution is 2.26. The molecule has 1 rings (SSSR count). The Balaban J connectivity index is 2.17. The molecule has 0 aliphatic heterocycles. The van der Waals surface area contributed by atoms with Gasteiger partial charge in [0.05, 0.1) is 6.54 Å². The van der Waals surface area contributed by atoms with Gasteiger partial charge in [0.15, 0.2) is 0 Å².